The van der Waals surface area contributed by atoms with Crippen LogP contribution >= 0.6 is 0 Å². The Morgan fingerprint density at radius 3 is 2.56 bits per heavy atom. The Kier molecular flexibility index (Phi) is 6.04. The molecular formula is C18H22N4O4S. The van der Waals surface area contributed by atoms with Crippen molar-refractivity contribution in [2.75, 3.05) is 38.2 Å². The Morgan fingerprint density at radius 1 is 1.19 bits per heavy atom. The highest BCUT2D eigenvalue weighted by molar-refractivity contribution is 7.89. The molecule has 0 aliphatic carbocycles. The number of primary sulfonamides is 1. The van der Waals surface area contributed by atoms with E-state index in [1.807, 2.05) is 0 Å². The number of nitrogens with two attached hydrogens (primary N) is 1. The molecule has 0 atom stereocenters. The molecular weight excluding hydrogens is 368 g/mol. The van der Waals surface area contributed by atoms with E-state index in [9.17, 15) is 13.2 Å². The van der Waals surface area contributed by atoms with Gasteiger partial charge in [-0.2, -0.15) is 0 Å². The van der Waals surface area contributed by atoms with Crippen LogP contribution in [0.15, 0.2) is 47.5 Å². The van der Waals surface area contributed by atoms with Gasteiger partial charge >= 0.3 is 0 Å². The predicted octanol–water partition coefficient (Wildman–Crippen LogP) is 0.856. The van der Waals surface area contributed by atoms with Gasteiger partial charge in [0, 0.05) is 31.5 Å². The Balaban J connectivity index is 1.56. The molecule has 1 aliphatic heterocycles. The summed E-state index contributed by atoms with van der Waals surface area (Å²) in [6.45, 7) is 2.88. The number of hydrogen-bond acceptors (Lipinski definition) is 6. The lowest BCUT2D eigenvalue weighted by Crippen LogP contribution is -2.41. The molecule has 2 heterocycles. The van der Waals surface area contributed by atoms with Gasteiger partial charge in [0.15, 0.2) is 0 Å². The van der Waals surface area contributed by atoms with Crippen molar-refractivity contribution in [3.8, 4) is 0 Å². The van der Waals surface area contributed by atoms with E-state index in [4.69, 9.17) is 9.88 Å². The van der Waals surface area contributed by atoms with Gasteiger partial charge in [-0.1, -0.05) is 12.1 Å². The standard InChI is InChI=1S/C18H22N4O4S/c19-27(24,25)16-3-1-14(2-4-16)5-7-20-15-6-8-21-17(13-15)18(23)22-9-11-26-12-10-22/h1-4,6,8,13H,5,7,9-12H2,(H,20,21)(H2,19,24,25). The molecule has 2 aromatic rings. The summed E-state index contributed by atoms with van der Waals surface area (Å²) >= 11 is 0. The summed E-state index contributed by atoms with van der Waals surface area (Å²) in [4.78, 5) is 18.5. The number of benzene rings is 1. The van der Waals surface area contributed by atoms with E-state index in [0.29, 0.717) is 45.0 Å². The van der Waals surface area contributed by atoms with E-state index in [1.54, 1.807) is 35.4 Å². The number of rotatable bonds is 6. The topological polar surface area (TPSA) is 115 Å². The zero-order chi connectivity index (χ0) is 19.3. The van der Waals surface area contributed by atoms with Crippen LogP contribution in [0, 0.1) is 0 Å². The first-order chi connectivity index (χ1) is 12.9. The lowest BCUT2D eigenvalue weighted by atomic mass is 10.1. The van der Waals surface area contributed by atoms with E-state index in [2.05, 4.69) is 10.3 Å². The van der Waals surface area contributed by atoms with Crippen molar-refractivity contribution in [2.45, 2.75) is 11.3 Å². The smallest absolute Gasteiger partial charge is 0.272 e. The Bertz CT molecular complexity index is 894. The largest absolute Gasteiger partial charge is 0.385 e. The van der Waals surface area contributed by atoms with Crippen molar-refractivity contribution in [3.05, 3.63) is 53.9 Å². The van der Waals surface area contributed by atoms with Crippen molar-refractivity contribution in [3.63, 3.8) is 0 Å². The van der Waals surface area contributed by atoms with Crippen molar-refractivity contribution in [2.24, 2.45) is 5.14 Å². The minimum atomic E-state index is -3.67. The second-order valence-electron chi connectivity index (χ2n) is 6.20. The van der Waals surface area contributed by atoms with Crippen LogP contribution < -0.4 is 10.5 Å². The number of morpholine rings is 1. The van der Waals surface area contributed by atoms with Crippen LogP contribution in [0.2, 0.25) is 0 Å². The number of anilines is 1. The zero-order valence-corrected chi connectivity index (χ0v) is 15.6. The molecule has 0 spiro atoms. The van der Waals surface area contributed by atoms with Gasteiger partial charge in [0.1, 0.15) is 5.69 Å². The molecule has 1 amide bonds. The van der Waals surface area contributed by atoms with E-state index >= 15 is 0 Å². The number of hydrogen-bond donors (Lipinski definition) is 2. The summed E-state index contributed by atoms with van der Waals surface area (Å²) in [6.07, 6.45) is 2.30. The molecule has 1 fully saturated rings. The van der Waals surface area contributed by atoms with Crippen LogP contribution in [-0.2, 0) is 21.2 Å². The van der Waals surface area contributed by atoms with Crippen LogP contribution in [0.3, 0.4) is 0 Å². The lowest BCUT2D eigenvalue weighted by molar-refractivity contribution is 0.0299. The molecule has 0 unspecified atom stereocenters. The minimum Gasteiger partial charge on any atom is -0.385 e. The molecule has 3 N–H and O–H groups in total. The summed E-state index contributed by atoms with van der Waals surface area (Å²) in [7, 11) is -3.67. The van der Waals surface area contributed by atoms with Gasteiger partial charge in [-0.25, -0.2) is 13.6 Å². The molecule has 27 heavy (non-hydrogen) atoms. The third-order valence-corrected chi connectivity index (χ3v) is 5.20. The minimum absolute atomic E-state index is 0.0967. The SMILES string of the molecule is NS(=O)(=O)c1ccc(CCNc2ccnc(C(=O)N3CCOCC3)c2)cc1. The van der Waals surface area contributed by atoms with Gasteiger partial charge in [0.2, 0.25) is 10.0 Å². The molecule has 1 aromatic carbocycles. The van der Waals surface area contributed by atoms with Gasteiger partial charge in [-0.05, 0) is 36.2 Å². The Labute approximate surface area is 158 Å². The van der Waals surface area contributed by atoms with Crippen molar-refractivity contribution >= 4 is 21.6 Å². The number of nitrogens with zero attached hydrogens (tertiary/aromatic N) is 2. The average Bonchev–Trinajstić information content (AvgIpc) is 2.68. The van der Waals surface area contributed by atoms with Crippen molar-refractivity contribution < 1.29 is 17.9 Å². The molecule has 3 rings (SSSR count). The van der Waals surface area contributed by atoms with Crippen molar-refractivity contribution in [1.29, 1.82) is 0 Å². The Hall–Kier alpha value is -2.49. The number of pyridine rings is 1. The van der Waals surface area contributed by atoms with Crippen LogP contribution in [0.25, 0.3) is 0 Å². The van der Waals surface area contributed by atoms with Crippen LogP contribution in [0.4, 0.5) is 5.69 Å². The summed E-state index contributed by atoms with van der Waals surface area (Å²) in [6, 6.07) is 10.0. The van der Waals surface area contributed by atoms with Gasteiger partial charge in [-0.15, -0.1) is 0 Å². The maximum atomic E-state index is 12.5. The molecule has 0 saturated carbocycles. The van der Waals surface area contributed by atoms with E-state index in [-0.39, 0.29) is 10.8 Å². The van der Waals surface area contributed by atoms with E-state index in [0.717, 1.165) is 11.3 Å². The van der Waals surface area contributed by atoms with Gasteiger partial charge in [0.05, 0.1) is 18.1 Å². The fraction of sp³-hybridized carbons (Fsp3) is 0.333. The third-order valence-electron chi connectivity index (χ3n) is 4.27. The first kappa shape index (κ1) is 19.3. The molecule has 8 nitrogen and oxygen atoms in total. The first-order valence-corrected chi connectivity index (χ1v) is 10.2. The molecule has 9 heteroatoms. The monoisotopic (exact) mass is 390 g/mol. The number of nitrogens with one attached hydrogen (secondary N) is 1. The molecule has 144 valence electrons. The normalized spacial score (nSPS) is 14.8. The lowest BCUT2D eigenvalue weighted by Gasteiger charge is -2.26. The molecule has 1 aliphatic rings. The fourth-order valence-electron chi connectivity index (χ4n) is 2.78. The molecule has 0 bridgehead atoms. The Morgan fingerprint density at radius 2 is 1.89 bits per heavy atom. The quantitative estimate of drug-likeness (QED) is 0.756. The summed E-state index contributed by atoms with van der Waals surface area (Å²) < 4.78 is 27.8. The summed E-state index contributed by atoms with van der Waals surface area (Å²) in [5, 5.41) is 8.35. The number of carbonyl (C=O) groups is 1. The highest BCUT2D eigenvalue weighted by atomic mass is 32.2. The van der Waals surface area contributed by atoms with E-state index in [1.165, 1.54) is 12.1 Å². The maximum Gasteiger partial charge on any atom is 0.272 e. The molecule has 1 aromatic heterocycles. The highest BCUT2D eigenvalue weighted by Crippen LogP contribution is 2.13. The second-order valence-corrected chi connectivity index (χ2v) is 7.76. The number of ether oxygens (including phenoxy) is 1. The molecule has 1 saturated heterocycles. The van der Waals surface area contributed by atoms with Crippen LogP contribution in [0.1, 0.15) is 16.1 Å². The fourth-order valence-corrected chi connectivity index (χ4v) is 3.30. The van der Waals surface area contributed by atoms with Gasteiger partial charge in [-0.3, -0.25) is 9.78 Å². The maximum absolute atomic E-state index is 12.5. The highest BCUT2D eigenvalue weighted by Gasteiger charge is 2.19. The summed E-state index contributed by atoms with van der Waals surface area (Å²) in [5.41, 5.74) is 2.19. The predicted molar refractivity (Wildman–Crippen MR) is 101 cm³/mol. The summed E-state index contributed by atoms with van der Waals surface area (Å²) in [5.74, 6) is -0.0967. The number of sulfonamides is 1. The number of amides is 1. The van der Waals surface area contributed by atoms with Gasteiger partial charge < -0.3 is 15.0 Å². The average molecular weight is 390 g/mol. The van der Waals surface area contributed by atoms with Crippen LogP contribution in [-0.4, -0.2) is 57.1 Å². The van der Waals surface area contributed by atoms with Gasteiger partial charge in [0.25, 0.3) is 5.91 Å². The third kappa shape index (κ3) is 5.25. The number of aromatic nitrogens is 1. The second kappa shape index (κ2) is 8.47. The first-order valence-electron chi connectivity index (χ1n) is 8.62. The molecule has 0 radical (unpaired) electrons. The number of carbonyl (C=O) groups excluding carboxylic acids is 1. The van der Waals surface area contributed by atoms with Crippen LogP contribution in [0.5, 0.6) is 0 Å². The van der Waals surface area contributed by atoms with Crippen molar-refractivity contribution in [1.82, 2.24) is 9.88 Å². The van der Waals surface area contributed by atoms with E-state index < -0.39 is 10.0 Å². The zero-order valence-electron chi connectivity index (χ0n) is 14.8.